The van der Waals surface area contributed by atoms with Crippen molar-refractivity contribution in [2.24, 2.45) is 5.10 Å². The molecule has 2 heterocycles. The van der Waals surface area contributed by atoms with Crippen LogP contribution in [0.5, 0.6) is 11.5 Å². The lowest BCUT2D eigenvalue weighted by molar-refractivity contribution is -0.114. The van der Waals surface area contributed by atoms with E-state index in [0.717, 1.165) is 11.3 Å². The number of benzene rings is 3. The van der Waals surface area contributed by atoms with Gasteiger partial charge in [-0.2, -0.15) is 10.1 Å². The molecule has 3 aromatic carbocycles. The van der Waals surface area contributed by atoms with Crippen LogP contribution in [-0.2, 0) is 4.79 Å². The van der Waals surface area contributed by atoms with E-state index in [1.807, 2.05) is 49.4 Å². The molecule has 7 heteroatoms. The van der Waals surface area contributed by atoms with Gasteiger partial charge in [0.15, 0.2) is 11.5 Å². The van der Waals surface area contributed by atoms with Gasteiger partial charge in [-0.25, -0.2) is 0 Å². The number of carbonyl (C=O) groups excluding carboxylic acids is 2. The smallest absolute Gasteiger partial charge is 0.280 e. The Morgan fingerprint density at radius 1 is 1.00 bits per heavy atom. The summed E-state index contributed by atoms with van der Waals surface area (Å²) in [6, 6.07) is 21.6. The minimum atomic E-state index is -0.248. The van der Waals surface area contributed by atoms with Gasteiger partial charge >= 0.3 is 0 Å². The summed E-state index contributed by atoms with van der Waals surface area (Å²) in [4.78, 5) is 25.4. The molecule has 2 amide bonds. The molecule has 0 saturated carbocycles. The highest BCUT2D eigenvalue weighted by atomic mass is 16.7. The lowest BCUT2D eigenvalue weighted by atomic mass is 10.1. The van der Waals surface area contributed by atoms with E-state index < -0.39 is 0 Å². The molecule has 7 nitrogen and oxygen atoms in total. The van der Waals surface area contributed by atoms with Crippen LogP contribution < -0.4 is 19.8 Å². The Morgan fingerprint density at radius 2 is 1.75 bits per heavy atom. The molecule has 5 rings (SSSR count). The topological polar surface area (TPSA) is 80.2 Å². The van der Waals surface area contributed by atoms with Gasteiger partial charge in [0.1, 0.15) is 0 Å². The van der Waals surface area contributed by atoms with E-state index >= 15 is 0 Å². The van der Waals surface area contributed by atoms with E-state index in [2.05, 4.69) is 10.4 Å². The van der Waals surface area contributed by atoms with Crippen molar-refractivity contribution in [3.8, 4) is 11.5 Å². The van der Waals surface area contributed by atoms with E-state index in [1.54, 1.807) is 36.4 Å². The van der Waals surface area contributed by atoms with Crippen LogP contribution >= 0.6 is 0 Å². The van der Waals surface area contributed by atoms with Gasteiger partial charge in [-0.05, 0) is 61.0 Å². The number of anilines is 2. The molecule has 0 fully saturated rings. The van der Waals surface area contributed by atoms with Gasteiger partial charge in [0, 0.05) is 11.3 Å². The average Bonchev–Trinajstić information content (AvgIpc) is 3.40. The Hall–Kier alpha value is -4.39. The fraction of sp³-hybridized carbons (Fsp3) is 0.0800. The molecule has 2 aliphatic heterocycles. The number of rotatable bonds is 4. The Balaban J connectivity index is 1.30. The van der Waals surface area contributed by atoms with Gasteiger partial charge in [0.2, 0.25) is 6.79 Å². The lowest BCUT2D eigenvalue weighted by Gasteiger charge is -2.11. The van der Waals surface area contributed by atoms with E-state index in [-0.39, 0.29) is 18.6 Å². The summed E-state index contributed by atoms with van der Waals surface area (Å²) in [5.74, 6) is 0.767. The van der Waals surface area contributed by atoms with Crippen LogP contribution in [-0.4, -0.2) is 24.3 Å². The molecule has 32 heavy (non-hydrogen) atoms. The van der Waals surface area contributed by atoms with Crippen LogP contribution in [0.1, 0.15) is 22.8 Å². The Morgan fingerprint density at radius 3 is 2.53 bits per heavy atom. The van der Waals surface area contributed by atoms with Gasteiger partial charge in [0.25, 0.3) is 11.8 Å². The van der Waals surface area contributed by atoms with Crippen LogP contribution in [0.25, 0.3) is 6.08 Å². The molecule has 0 radical (unpaired) electrons. The molecule has 0 saturated heterocycles. The van der Waals surface area contributed by atoms with Crippen LogP contribution in [0.2, 0.25) is 0 Å². The molecule has 0 aliphatic carbocycles. The molecule has 158 valence electrons. The SMILES string of the molecule is CC1=NN(c2ccccc2)C(=O)/C1=C\c1ccc(NC(=O)c2ccc3c(c2)OCO3)cc1. The monoisotopic (exact) mass is 425 g/mol. The second kappa shape index (κ2) is 8.03. The van der Waals surface area contributed by atoms with E-state index in [1.165, 1.54) is 5.01 Å². The molecule has 0 unspecified atom stereocenters. The Labute approximate surface area is 184 Å². The molecule has 0 aromatic heterocycles. The third-order valence-corrected chi connectivity index (χ3v) is 5.18. The Bertz CT molecular complexity index is 1260. The van der Waals surface area contributed by atoms with Crippen molar-refractivity contribution in [1.82, 2.24) is 0 Å². The zero-order chi connectivity index (χ0) is 22.1. The van der Waals surface area contributed by atoms with Crippen molar-refractivity contribution in [3.05, 3.63) is 89.5 Å². The molecular weight excluding hydrogens is 406 g/mol. The maximum Gasteiger partial charge on any atom is 0.280 e. The van der Waals surface area contributed by atoms with Gasteiger partial charge in [0.05, 0.1) is 17.0 Å². The quantitative estimate of drug-likeness (QED) is 0.626. The molecule has 2 aliphatic rings. The number of nitrogens with one attached hydrogen (secondary N) is 1. The fourth-order valence-corrected chi connectivity index (χ4v) is 3.50. The number of para-hydroxylation sites is 1. The first-order chi connectivity index (χ1) is 15.6. The van der Waals surface area contributed by atoms with Crippen LogP contribution in [0, 0.1) is 0 Å². The van der Waals surface area contributed by atoms with E-state index in [4.69, 9.17) is 9.47 Å². The summed E-state index contributed by atoms with van der Waals surface area (Å²) in [7, 11) is 0. The van der Waals surface area contributed by atoms with Crippen molar-refractivity contribution in [1.29, 1.82) is 0 Å². The average molecular weight is 425 g/mol. The Kier molecular flexibility index (Phi) is 4.91. The van der Waals surface area contributed by atoms with Crippen molar-refractivity contribution >= 4 is 35.0 Å². The largest absolute Gasteiger partial charge is 0.454 e. The normalized spacial score (nSPS) is 15.8. The number of hydrogen-bond acceptors (Lipinski definition) is 5. The first kappa shape index (κ1) is 19.6. The highest BCUT2D eigenvalue weighted by Gasteiger charge is 2.28. The van der Waals surface area contributed by atoms with Gasteiger partial charge < -0.3 is 14.8 Å². The first-order valence-electron chi connectivity index (χ1n) is 10.1. The number of hydrazone groups is 1. The molecule has 0 bridgehead atoms. The lowest BCUT2D eigenvalue weighted by Crippen LogP contribution is -2.21. The molecule has 0 spiro atoms. The van der Waals surface area contributed by atoms with Crippen molar-refractivity contribution in [3.63, 3.8) is 0 Å². The van der Waals surface area contributed by atoms with Gasteiger partial charge in [-0.1, -0.05) is 30.3 Å². The second-order valence-electron chi connectivity index (χ2n) is 7.34. The highest BCUT2D eigenvalue weighted by molar-refractivity contribution is 6.32. The summed E-state index contributed by atoms with van der Waals surface area (Å²) in [6.45, 7) is 1.97. The van der Waals surface area contributed by atoms with Crippen molar-refractivity contribution in [2.75, 3.05) is 17.1 Å². The number of carbonyl (C=O) groups is 2. The van der Waals surface area contributed by atoms with Gasteiger partial charge in [-0.15, -0.1) is 0 Å². The standard InChI is InChI=1S/C25H19N3O4/c1-16-21(25(30)28(27-16)20-5-3-2-4-6-20)13-17-7-10-19(11-8-17)26-24(29)18-9-12-22-23(14-18)32-15-31-22/h2-14H,15H2,1H3,(H,26,29)/b21-13-. The van der Waals surface area contributed by atoms with Crippen LogP contribution in [0.3, 0.4) is 0 Å². The maximum absolute atomic E-state index is 12.8. The molecule has 3 aromatic rings. The summed E-state index contributed by atoms with van der Waals surface area (Å²) in [5, 5.41) is 8.65. The number of hydrogen-bond donors (Lipinski definition) is 1. The summed E-state index contributed by atoms with van der Waals surface area (Å²) < 4.78 is 10.6. The first-order valence-corrected chi connectivity index (χ1v) is 10.1. The second-order valence-corrected chi connectivity index (χ2v) is 7.34. The van der Waals surface area contributed by atoms with Crippen LogP contribution in [0.4, 0.5) is 11.4 Å². The number of fused-ring (bicyclic) bond motifs is 1. The van der Waals surface area contributed by atoms with Gasteiger partial charge in [-0.3, -0.25) is 9.59 Å². The zero-order valence-electron chi connectivity index (χ0n) is 17.2. The maximum atomic E-state index is 12.8. The highest BCUT2D eigenvalue weighted by Crippen LogP contribution is 2.32. The predicted molar refractivity (Wildman–Crippen MR) is 122 cm³/mol. The van der Waals surface area contributed by atoms with E-state index in [0.29, 0.717) is 34.0 Å². The van der Waals surface area contributed by atoms with E-state index in [9.17, 15) is 9.59 Å². The predicted octanol–water partition coefficient (Wildman–Crippen LogP) is 4.47. The third-order valence-electron chi connectivity index (χ3n) is 5.18. The summed E-state index contributed by atoms with van der Waals surface area (Å²) in [5.41, 5.74) is 3.86. The van der Waals surface area contributed by atoms with Crippen molar-refractivity contribution < 1.29 is 19.1 Å². The van der Waals surface area contributed by atoms with Crippen molar-refractivity contribution in [2.45, 2.75) is 6.92 Å². The number of nitrogens with zero attached hydrogens (tertiary/aromatic N) is 2. The number of ether oxygens (including phenoxy) is 2. The molecule has 1 N–H and O–H groups in total. The zero-order valence-corrected chi connectivity index (χ0v) is 17.2. The number of amides is 2. The molecular formula is C25H19N3O4. The van der Waals surface area contributed by atoms with Crippen LogP contribution in [0.15, 0.2) is 83.5 Å². The minimum absolute atomic E-state index is 0.160. The third kappa shape index (κ3) is 3.72. The fourth-order valence-electron chi connectivity index (χ4n) is 3.50. The summed E-state index contributed by atoms with van der Waals surface area (Å²) >= 11 is 0. The molecule has 0 atom stereocenters. The minimum Gasteiger partial charge on any atom is -0.454 e. The summed E-state index contributed by atoms with van der Waals surface area (Å²) in [6.07, 6.45) is 1.80.